The third kappa shape index (κ3) is 5.19. The monoisotopic (exact) mass is 446 g/mol. The van der Waals surface area contributed by atoms with E-state index in [0.29, 0.717) is 11.6 Å². The molecule has 4 rings (SSSR count). The largest absolute Gasteiger partial charge is 0.493 e. The van der Waals surface area contributed by atoms with Crippen LogP contribution in [-0.2, 0) is 4.79 Å². The molecule has 4 nitrogen and oxygen atoms in total. The predicted molar refractivity (Wildman–Crippen MR) is 118 cm³/mol. The Balaban J connectivity index is 1.31. The number of carbonyl (C=O) groups is 1. The van der Waals surface area contributed by atoms with Gasteiger partial charge in [0.15, 0.2) is 0 Å². The molecule has 0 bridgehead atoms. The zero-order valence-electron chi connectivity index (χ0n) is 18.4. The predicted octanol–water partition coefficient (Wildman–Crippen LogP) is 5.44. The maximum atomic E-state index is 14.7. The van der Waals surface area contributed by atoms with E-state index in [9.17, 15) is 18.0 Å². The molecule has 2 fully saturated rings. The first-order chi connectivity index (χ1) is 15.2. The van der Waals surface area contributed by atoms with Crippen LogP contribution in [0.15, 0.2) is 42.5 Å². The van der Waals surface area contributed by atoms with Gasteiger partial charge in [-0.05, 0) is 48.9 Å². The van der Waals surface area contributed by atoms with Crippen LogP contribution < -0.4 is 15.0 Å². The van der Waals surface area contributed by atoms with Crippen LogP contribution in [0.4, 0.5) is 18.9 Å². The minimum Gasteiger partial charge on any atom is -0.493 e. The molecular weight excluding hydrogens is 417 g/mol. The zero-order chi connectivity index (χ0) is 22.9. The molecule has 1 amide bonds. The smallest absolute Gasteiger partial charge is 0.255 e. The molecule has 32 heavy (non-hydrogen) atoms. The topological polar surface area (TPSA) is 41.6 Å². The summed E-state index contributed by atoms with van der Waals surface area (Å²) in [5, 5.41) is 2.89. The normalized spacial score (nSPS) is 21.2. The summed E-state index contributed by atoms with van der Waals surface area (Å²) < 4.78 is 45.9. The average Bonchev–Trinajstić information content (AvgIpc) is 3.38. The molecule has 1 N–H and O–H groups in total. The van der Waals surface area contributed by atoms with E-state index in [1.807, 2.05) is 11.8 Å². The lowest BCUT2D eigenvalue weighted by Crippen LogP contribution is -2.33. The Morgan fingerprint density at radius 1 is 1.19 bits per heavy atom. The summed E-state index contributed by atoms with van der Waals surface area (Å²) in [6.07, 6.45) is 1.67. The minimum atomic E-state index is -2.63. The van der Waals surface area contributed by atoms with E-state index in [2.05, 4.69) is 29.6 Å². The molecule has 0 aromatic heterocycles. The number of hydrogen-bond donors (Lipinski definition) is 1. The van der Waals surface area contributed by atoms with Gasteiger partial charge in [0.2, 0.25) is 5.91 Å². The van der Waals surface area contributed by atoms with Gasteiger partial charge in [-0.25, -0.2) is 13.2 Å². The van der Waals surface area contributed by atoms with Crippen molar-refractivity contribution in [3.63, 3.8) is 0 Å². The highest BCUT2D eigenvalue weighted by Crippen LogP contribution is 2.48. The number of alkyl halides is 2. The van der Waals surface area contributed by atoms with E-state index < -0.39 is 11.8 Å². The first kappa shape index (κ1) is 22.5. The Bertz CT molecular complexity index is 956. The number of rotatable bonds is 7. The minimum absolute atomic E-state index is 0.0286. The molecule has 2 aromatic rings. The van der Waals surface area contributed by atoms with E-state index in [0.717, 1.165) is 31.5 Å². The van der Waals surface area contributed by atoms with Gasteiger partial charge in [-0.2, -0.15) is 0 Å². The van der Waals surface area contributed by atoms with Crippen molar-refractivity contribution in [3.05, 3.63) is 59.4 Å². The highest BCUT2D eigenvalue weighted by Gasteiger charge is 2.57. The van der Waals surface area contributed by atoms with Gasteiger partial charge in [0.25, 0.3) is 5.92 Å². The Labute approximate surface area is 186 Å². The van der Waals surface area contributed by atoms with Crippen LogP contribution in [0.25, 0.3) is 0 Å². The van der Waals surface area contributed by atoms with Crippen molar-refractivity contribution in [2.24, 2.45) is 5.92 Å². The molecule has 2 atom stereocenters. The standard InChI is InChI=1S/C25H29F3N2O2/c1-16(29-17(2)31)18-3-5-19(6-4-18)20-9-11-30(12-10-20)24-8-7-22(13-23(24)26)32-15-21-14-25(21,27)28/h3-8,13,16,20-21H,9-12,14-15H2,1-2H3,(H,29,31). The molecule has 2 unspecified atom stereocenters. The second kappa shape index (κ2) is 9.04. The lowest BCUT2D eigenvalue weighted by molar-refractivity contribution is -0.119. The molecule has 1 aliphatic carbocycles. The van der Waals surface area contributed by atoms with E-state index in [1.54, 1.807) is 12.1 Å². The van der Waals surface area contributed by atoms with Crippen LogP contribution in [-0.4, -0.2) is 31.5 Å². The Morgan fingerprint density at radius 3 is 2.41 bits per heavy atom. The van der Waals surface area contributed by atoms with Crippen molar-refractivity contribution >= 4 is 11.6 Å². The first-order valence-corrected chi connectivity index (χ1v) is 11.1. The SMILES string of the molecule is CC(=O)NC(C)c1ccc(C2CCN(c3ccc(OCC4CC4(F)F)cc3F)CC2)cc1. The molecule has 2 aliphatic rings. The van der Waals surface area contributed by atoms with Crippen molar-refractivity contribution in [2.75, 3.05) is 24.6 Å². The summed E-state index contributed by atoms with van der Waals surface area (Å²) in [6.45, 7) is 4.86. The maximum absolute atomic E-state index is 14.7. The van der Waals surface area contributed by atoms with Gasteiger partial charge in [0, 0.05) is 32.5 Å². The van der Waals surface area contributed by atoms with Crippen LogP contribution in [0.5, 0.6) is 5.75 Å². The fraction of sp³-hybridized carbons (Fsp3) is 0.480. The quantitative estimate of drug-likeness (QED) is 0.616. The number of carbonyl (C=O) groups excluding carboxylic acids is 1. The highest BCUT2D eigenvalue weighted by atomic mass is 19.3. The Hall–Kier alpha value is -2.70. The van der Waals surface area contributed by atoms with Crippen LogP contribution in [0.3, 0.4) is 0 Å². The molecule has 0 spiro atoms. The summed E-state index contributed by atoms with van der Waals surface area (Å²) in [4.78, 5) is 13.3. The van der Waals surface area contributed by atoms with Gasteiger partial charge in [-0.1, -0.05) is 24.3 Å². The highest BCUT2D eigenvalue weighted by molar-refractivity contribution is 5.73. The number of halogens is 3. The van der Waals surface area contributed by atoms with Crippen LogP contribution in [0.1, 0.15) is 56.2 Å². The van der Waals surface area contributed by atoms with E-state index in [-0.39, 0.29) is 36.5 Å². The summed E-state index contributed by atoms with van der Waals surface area (Å²) in [6, 6.07) is 12.9. The van der Waals surface area contributed by atoms with E-state index in [4.69, 9.17) is 4.74 Å². The third-order valence-electron chi connectivity index (χ3n) is 6.49. The fourth-order valence-electron chi connectivity index (χ4n) is 4.38. The summed E-state index contributed by atoms with van der Waals surface area (Å²) >= 11 is 0. The maximum Gasteiger partial charge on any atom is 0.255 e. The van der Waals surface area contributed by atoms with E-state index >= 15 is 0 Å². The molecule has 7 heteroatoms. The van der Waals surface area contributed by atoms with E-state index in [1.165, 1.54) is 18.6 Å². The number of anilines is 1. The average molecular weight is 447 g/mol. The van der Waals surface area contributed by atoms with Crippen molar-refractivity contribution in [3.8, 4) is 5.75 Å². The number of nitrogens with one attached hydrogen (secondary N) is 1. The number of hydrogen-bond acceptors (Lipinski definition) is 3. The fourth-order valence-corrected chi connectivity index (χ4v) is 4.38. The van der Waals surface area contributed by atoms with Crippen molar-refractivity contribution in [1.29, 1.82) is 0 Å². The first-order valence-electron chi connectivity index (χ1n) is 11.1. The summed E-state index contributed by atoms with van der Waals surface area (Å²) in [7, 11) is 0. The Morgan fingerprint density at radius 2 is 1.84 bits per heavy atom. The molecule has 1 aliphatic heterocycles. The molecule has 172 valence electrons. The van der Waals surface area contributed by atoms with Gasteiger partial charge >= 0.3 is 0 Å². The van der Waals surface area contributed by atoms with Crippen molar-refractivity contribution < 1.29 is 22.7 Å². The van der Waals surface area contributed by atoms with Crippen LogP contribution in [0.2, 0.25) is 0 Å². The van der Waals surface area contributed by atoms with Crippen LogP contribution in [0, 0.1) is 11.7 Å². The second-order valence-corrected chi connectivity index (χ2v) is 8.94. The zero-order valence-corrected chi connectivity index (χ0v) is 18.4. The number of nitrogens with zero attached hydrogens (tertiary/aromatic N) is 1. The Kier molecular flexibility index (Phi) is 6.35. The summed E-state index contributed by atoms with van der Waals surface area (Å²) in [5.74, 6) is -3.14. The lowest BCUT2D eigenvalue weighted by atomic mass is 9.88. The van der Waals surface area contributed by atoms with Crippen LogP contribution >= 0.6 is 0 Å². The van der Waals surface area contributed by atoms with Crippen molar-refractivity contribution in [2.45, 2.75) is 51.0 Å². The van der Waals surface area contributed by atoms with Gasteiger partial charge in [0.05, 0.1) is 24.3 Å². The van der Waals surface area contributed by atoms with Gasteiger partial charge < -0.3 is 15.0 Å². The number of benzene rings is 2. The second-order valence-electron chi connectivity index (χ2n) is 8.94. The molecule has 0 radical (unpaired) electrons. The molecule has 2 aromatic carbocycles. The van der Waals surface area contributed by atoms with Crippen molar-refractivity contribution in [1.82, 2.24) is 5.32 Å². The third-order valence-corrected chi connectivity index (χ3v) is 6.49. The number of amides is 1. The van der Waals surface area contributed by atoms with Gasteiger partial charge in [0.1, 0.15) is 11.6 Å². The lowest BCUT2D eigenvalue weighted by Gasteiger charge is -2.34. The van der Waals surface area contributed by atoms with Gasteiger partial charge in [-0.15, -0.1) is 0 Å². The number of piperidine rings is 1. The summed E-state index contributed by atoms with van der Waals surface area (Å²) in [5.41, 5.74) is 2.84. The molecular formula is C25H29F3N2O2. The number of ether oxygens (including phenoxy) is 1. The molecule has 1 saturated carbocycles. The van der Waals surface area contributed by atoms with Gasteiger partial charge in [-0.3, -0.25) is 4.79 Å². The molecule has 1 saturated heterocycles. The molecule has 1 heterocycles.